The second-order valence-electron chi connectivity index (χ2n) is 7.05. The Morgan fingerprint density at radius 1 is 0.882 bits per heavy atom. The molecular weight excluding hydrogens is 440 g/mol. The zero-order chi connectivity index (χ0) is 24.7. The molecule has 0 saturated heterocycles. The highest BCUT2D eigenvalue weighted by atomic mass is 16.6. The number of aromatic nitrogens is 1. The fraction of sp³-hybridized carbons (Fsp3) is 0.280. The summed E-state index contributed by atoms with van der Waals surface area (Å²) in [5.41, 5.74) is 1.97. The van der Waals surface area contributed by atoms with Crippen LogP contribution in [0.2, 0.25) is 0 Å². The molecule has 0 aliphatic heterocycles. The van der Waals surface area contributed by atoms with Gasteiger partial charge in [0.1, 0.15) is 0 Å². The van der Waals surface area contributed by atoms with Crippen LogP contribution in [0.15, 0.2) is 48.5 Å². The number of hydrogen-bond acceptors (Lipinski definition) is 8. The molecule has 1 amide bonds. The van der Waals surface area contributed by atoms with Crippen LogP contribution in [0.25, 0.3) is 22.2 Å². The molecule has 9 heteroatoms. The van der Waals surface area contributed by atoms with Crippen LogP contribution >= 0.6 is 0 Å². The van der Waals surface area contributed by atoms with Crippen molar-refractivity contribution in [1.82, 2.24) is 10.3 Å². The van der Waals surface area contributed by atoms with Crippen molar-refractivity contribution in [2.24, 2.45) is 0 Å². The zero-order valence-electron chi connectivity index (χ0n) is 19.4. The lowest BCUT2D eigenvalue weighted by Gasteiger charge is -2.17. The minimum absolute atomic E-state index is 0.0479. The summed E-state index contributed by atoms with van der Waals surface area (Å²) in [5, 5.41) is 3.01. The lowest BCUT2D eigenvalue weighted by atomic mass is 10.0. The van der Waals surface area contributed by atoms with E-state index in [1.165, 1.54) is 14.2 Å². The molecule has 0 radical (unpaired) electrons. The molecule has 178 valence electrons. The number of carbonyl (C=O) groups is 3. The molecule has 0 fully saturated rings. The summed E-state index contributed by atoms with van der Waals surface area (Å²) in [6.45, 7) is 3.31. The van der Waals surface area contributed by atoms with Crippen LogP contribution in [0.1, 0.15) is 24.2 Å². The van der Waals surface area contributed by atoms with E-state index in [1.54, 1.807) is 62.4 Å². The summed E-state index contributed by atoms with van der Waals surface area (Å²) < 4.78 is 20.6. The summed E-state index contributed by atoms with van der Waals surface area (Å²) in [7, 11) is 3.07. The highest BCUT2D eigenvalue weighted by Gasteiger charge is 2.32. The van der Waals surface area contributed by atoms with Gasteiger partial charge in [-0.1, -0.05) is 18.2 Å². The van der Waals surface area contributed by atoms with Crippen molar-refractivity contribution in [3.63, 3.8) is 0 Å². The van der Waals surface area contributed by atoms with Gasteiger partial charge in [0.05, 0.1) is 44.2 Å². The van der Waals surface area contributed by atoms with Crippen molar-refractivity contribution in [3.05, 3.63) is 54.1 Å². The number of carbonyl (C=O) groups excluding carboxylic acids is 3. The fourth-order valence-electron chi connectivity index (χ4n) is 3.38. The summed E-state index contributed by atoms with van der Waals surface area (Å²) in [6.07, 6.45) is 0. The second kappa shape index (κ2) is 11.1. The minimum atomic E-state index is -1.59. The molecule has 3 rings (SSSR count). The third kappa shape index (κ3) is 5.25. The average Bonchev–Trinajstić information content (AvgIpc) is 2.86. The first kappa shape index (κ1) is 24.5. The predicted octanol–water partition coefficient (Wildman–Crippen LogP) is 3.14. The van der Waals surface area contributed by atoms with Gasteiger partial charge in [0.25, 0.3) is 5.91 Å². The number of amides is 1. The fourth-order valence-corrected chi connectivity index (χ4v) is 3.38. The van der Waals surface area contributed by atoms with E-state index in [1.807, 2.05) is 0 Å². The molecular formula is C25H26N2O7. The lowest BCUT2D eigenvalue weighted by molar-refractivity contribution is -0.157. The van der Waals surface area contributed by atoms with Gasteiger partial charge in [0, 0.05) is 10.9 Å². The van der Waals surface area contributed by atoms with Gasteiger partial charge in [0.15, 0.2) is 11.5 Å². The molecule has 1 N–H and O–H groups in total. The first-order chi connectivity index (χ1) is 16.4. The van der Waals surface area contributed by atoms with Crippen molar-refractivity contribution in [1.29, 1.82) is 0 Å². The largest absolute Gasteiger partial charge is 0.493 e. The maximum absolute atomic E-state index is 13.3. The van der Waals surface area contributed by atoms with E-state index in [2.05, 4.69) is 10.3 Å². The van der Waals surface area contributed by atoms with E-state index in [4.69, 9.17) is 18.9 Å². The third-order valence-electron chi connectivity index (χ3n) is 4.96. The molecule has 3 aromatic rings. The Morgan fingerprint density at radius 2 is 1.53 bits per heavy atom. The number of nitrogens with zero attached hydrogens (tertiary/aromatic N) is 1. The maximum Gasteiger partial charge on any atom is 0.340 e. The Bertz CT molecular complexity index is 1190. The summed E-state index contributed by atoms with van der Waals surface area (Å²) in [6, 6.07) is 12.3. The molecule has 34 heavy (non-hydrogen) atoms. The number of rotatable bonds is 9. The topological polar surface area (TPSA) is 113 Å². The lowest BCUT2D eigenvalue weighted by Crippen LogP contribution is -2.48. The number of benzene rings is 2. The van der Waals surface area contributed by atoms with Crippen molar-refractivity contribution >= 4 is 28.7 Å². The van der Waals surface area contributed by atoms with E-state index < -0.39 is 23.9 Å². The molecule has 0 bridgehead atoms. The first-order valence-electron chi connectivity index (χ1n) is 10.7. The minimum Gasteiger partial charge on any atom is -0.493 e. The number of nitrogens with one attached hydrogen (secondary N) is 1. The molecule has 0 atom stereocenters. The Labute approximate surface area is 197 Å². The Balaban J connectivity index is 2.06. The number of pyridine rings is 1. The number of fused-ring (bicyclic) bond motifs is 1. The molecule has 0 unspecified atom stereocenters. The Hall–Kier alpha value is -4.14. The number of para-hydroxylation sites is 1. The number of esters is 2. The van der Waals surface area contributed by atoms with Crippen molar-refractivity contribution in [3.8, 4) is 22.8 Å². The molecule has 9 nitrogen and oxygen atoms in total. The van der Waals surface area contributed by atoms with Gasteiger partial charge in [-0.2, -0.15) is 0 Å². The molecule has 1 aromatic heterocycles. The van der Waals surface area contributed by atoms with E-state index in [0.29, 0.717) is 33.7 Å². The smallest absolute Gasteiger partial charge is 0.340 e. The summed E-state index contributed by atoms with van der Waals surface area (Å²) >= 11 is 0. The van der Waals surface area contributed by atoms with E-state index in [0.717, 1.165) is 0 Å². The quantitative estimate of drug-likeness (QED) is 0.378. The Morgan fingerprint density at radius 3 is 2.15 bits per heavy atom. The van der Waals surface area contributed by atoms with Crippen LogP contribution in [0.4, 0.5) is 0 Å². The first-order valence-corrected chi connectivity index (χ1v) is 10.7. The zero-order valence-corrected chi connectivity index (χ0v) is 19.4. The number of ether oxygens (including phenoxy) is 4. The Kier molecular flexibility index (Phi) is 8.02. The van der Waals surface area contributed by atoms with Gasteiger partial charge < -0.3 is 24.3 Å². The van der Waals surface area contributed by atoms with Crippen LogP contribution in [-0.2, 0) is 19.1 Å². The van der Waals surface area contributed by atoms with Crippen LogP contribution in [0.5, 0.6) is 11.5 Å². The van der Waals surface area contributed by atoms with Crippen molar-refractivity contribution in [2.75, 3.05) is 27.4 Å². The van der Waals surface area contributed by atoms with Crippen molar-refractivity contribution in [2.45, 2.75) is 19.9 Å². The SMILES string of the molecule is CCOC(=O)C(NC(=O)c1cc(-c2ccc(OC)c(OC)c2)nc2ccccc12)C(=O)OCC. The molecule has 1 heterocycles. The van der Waals surface area contributed by atoms with Crippen LogP contribution in [0.3, 0.4) is 0 Å². The van der Waals surface area contributed by atoms with Crippen LogP contribution < -0.4 is 14.8 Å². The van der Waals surface area contributed by atoms with Gasteiger partial charge in [-0.3, -0.25) is 4.79 Å². The monoisotopic (exact) mass is 466 g/mol. The van der Waals surface area contributed by atoms with E-state index in [9.17, 15) is 14.4 Å². The van der Waals surface area contributed by atoms with Gasteiger partial charge in [0.2, 0.25) is 6.04 Å². The van der Waals surface area contributed by atoms with Crippen molar-refractivity contribution < 1.29 is 33.3 Å². The third-order valence-corrected chi connectivity index (χ3v) is 4.96. The molecule has 2 aromatic carbocycles. The molecule has 0 aliphatic carbocycles. The summed E-state index contributed by atoms with van der Waals surface area (Å²) in [4.78, 5) is 42.6. The highest BCUT2D eigenvalue weighted by Crippen LogP contribution is 2.33. The molecule has 0 aliphatic rings. The number of hydrogen-bond donors (Lipinski definition) is 1. The average molecular weight is 466 g/mol. The predicted molar refractivity (Wildman–Crippen MR) is 125 cm³/mol. The van der Waals surface area contributed by atoms with E-state index >= 15 is 0 Å². The summed E-state index contributed by atoms with van der Waals surface area (Å²) in [5.74, 6) is -1.38. The maximum atomic E-state index is 13.3. The highest BCUT2D eigenvalue weighted by molar-refractivity contribution is 6.11. The van der Waals surface area contributed by atoms with E-state index in [-0.39, 0.29) is 18.8 Å². The number of methoxy groups -OCH3 is 2. The standard InChI is InChI=1S/C25H26N2O7/c1-5-33-24(29)22(25(30)34-6-2)27-23(28)17-14-19(26-18-10-8-7-9-16(17)18)15-11-12-20(31-3)21(13-15)32-4/h7-14,22H,5-6H2,1-4H3,(H,27,28). The second-order valence-corrected chi connectivity index (χ2v) is 7.05. The van der Waals surface area contributed by atoms with Gasteiger partial charge in [-0.15, -0.1) is 0 Å². The molecule has 0 spiro atoms. The molecule has 0 saturated carbocycles. The van der Waals surface area contributed by atoms with Crippen LogP contribution in [0, 0.1) is 0 Å². The van der Waals surface area contributed by atoms with Gasteiger partial charge in [-0.25, -0.2) is 14.6 Å². The van der Waals surface area contributed by atoms with Gasteiger partial charge in [-0.05, 0) is 44.2 Å². The van der Waals surface area contributed by atoms with Gasteiger partial charge >= 0.3 is 11.9 Å². The van der Waals surface area contributed by atoms with Crippen LogP contribution in [-0.4, -0.2) is 56.3 Å². The normalized spacial score (nSPS) is 10.6.